The van der Waals surface area contributed by atoms with Crippen molar-refractivity contribution in [3.8, 4) is 0 Å². The van der Waals surface area contributed by atoms with Gasteiger partial charge in [0, 0.05) is 19.3 Å². The SMILES string of the molecule is CCCCC/C=C\C/C=C\C/C=C\CCCCCCCCC(=O)OCC(COC1OC(C(=O)O)C(O)C(O)C1OC(=O)CCCCCCC/C=C\CCCCCC)OC(=O)CCCCCCCC/C=C\C/C=C\C/C=C\CCCCC. The third-order valence-electron chi connectivity index (χ3n) is 14.4. The van der Waals surface area contributed by atoms with Crippen LogP contribution in [0.3, 0.4) is 0 Å². The molecule has 1 aliphatic rings. The summed E-state index contributed by atoms with van der Waals surface area (Å²) in [6.45, 7) is 5.91. The summed E-state index contributed by atoms with van der Waals surface area (Å²) in [4.78, 5) is 51.3. The van der Waals surface area contributed by atoms with E-state index in [0.717, 1.165) is 141 Å². The number of ether oxygens (including phenoxy) is 5. The lowest BCUT2D eigenvalue weighted by atomic mass is 9.98. The first-order valence-electron chi connectivity index (χ1n) is 32.6. The fourth-order valence-electron chi connectivity index (χ4n) is 9.38. The van der Waals surface area contributed by atoms with E-state index >= 15 is 0 Å². The highest BCUT2D eigenvalue weighted by Gasteiger charge is 2.50. The lowest BCUT2D eigenvalue weighted by Crippen LogP contribution is -2.61. The molecule has 0 amide bonds. The van der Waals surface area contributed by atoms with Crippen LogP contribution < -0.4 is 0 Å². The molecule has 81 heavy (non-hydrogen) atoms. The van der Waals surface area contributed by atoms with Crippen LogP contribution in [0.15, 0.2) is 85.1 Å². The Morgan fingerprint density at radius 1 is 0.407 bits per heavy atom. The van der Waals surface area contributed by atoms with Crippen molar-refractivity contribution in [2.24, 2.45) is 0 Å². The number of aliphatic hydroxyl groups is 2. The number of carboxylic acids is 1. The number of carbonyl (C=O) groups is 4. The smallest absolute Gasteiger partial charge is 0.335 e. The van der Waals surface area contributed by atoms with Gasteiger partial charge in [0.2, 0.25) is 0 Å². The van der Waals surface area contributed by atoms with Gasteiger partial charge in [-0.25, -0.2) is 4.79 Å². The summed E-state index contributed by atoms with van der Waals surface area (Å²) in [7, 11) is 0. The molecule has 0 radical (unpaired) electrons. The molecule has 12 heteroatoms. The van der Waals surface area contributed by atoms with E-state index in [1.807, 2.05) is 0 Å². The minimum Gasteiger partial charge on any atom is -0.479 e. The summed E-state index contributed by atoms with van der Waals surface area (Å²) in [6, 6.07) is 0. The van der Waals surface area contributed by atoms with Gasteiger partial charge in [-0.05, 0) is 122 Å². The van der Waals surface area contributed by atoms with Gasteiger partial charge < -0.3 is 39.0 Å². The predicted octanol–water partition coefficient (Wildman–Crippen LogP) is 17.5. The minimum atomic E-state index is -1.91. The first kappa shape index (κ1) is 74.9. The second kappa shape index (κ2) is 56.4. The summed E-state index contributed by atoms with van der Waals surface area (Å²) in [5.41, 5.74) is 0. The number of hydrogen-bond acceptors (Lipinski definition) is 11. The molecule has 6 unspecified atom stereocenters. The zero-order valence-electron chi connectivity index (χ0n) is 51.3. The third kappa shape index (κ3) is 46.0. The molecule has 1 saturated heterocycles. The van der Waals surface area contributed by atoms with Gasteiger partial charge in [0.25, 0.3) is 0 Å². The van der Waals surface area contributed by atoms with E-state index in [1.54, 1.807) is 0 Å². The van der Waals surface area contributed by atoms with Crippen molar-refractivity contribution in [3.05, 3.63) is 85.1 Å². The van der Waals surface area contributed by atoms with Crippen LogP contribution in [0, 0.1) is 0 Å². The number of carbonyl (C=O) groups excluding carboxylic acids is 3. The summed E-state index contributed by atoms with van der Waals surface area (Å²) in [6.07, 6.45) is 61.0. The molecule has 6 atom stereocenters. The maximum atomic E-state index is 13.2. The highest BCUT2D eigenvalue weighted by Crippen LogP contribution is 2.26. The fourth-order valence-corrected chi connectivity index (χ4v) is 9.38. The van der Waals surface area contributed by atoms with E-state index in [1.165, 1.54) is 77.0 Å². The molecular formula is C69H116O12. The van der Waals surface area contributed by atoms with E-state index in [2.05, 4.69) is 106 Å². The molecule has 0 bridgehead atoms. The summed E-state index contributed by atoms with van der Waals surface area (Å²) >= 11 is 0. The van der Waals surface area contributed by atoms with Gasteiger partial charge in [-0.15, -0.1) is 0 Å². The van der Waals surface area contributed by atoms with Crippen molar-refractivity contribution in [1.29, 1.82) is 0 Å². The molecular weight excluding hydrogens is 1020 g/mol. The summed E-state index contributed by atoms with van der Waals surface area (Å²) in [5, 5.41) is 31.6. The van der Waals surface area contributed by atoms with Crippen LogP contribution >= 0.6 is 0 Å². The van der Waals surface area contributed by atoms with Crippen molar-refractivity contribution in [3.63, 3.8) is 0 Å². The van der Waals surface area contributed by atoms with Crippen molar-refractivity contribution >= 4 is 23.9 Å². The van der Waals surface area contributed by atoms with Crippen LogP contribution in [0.25, 0.3) is 0 Å². The average Bonchev–Trinajstić information content (AvgIpc) is 3.46. The zero-order valence-corrected chi connectivity index (χ0v) is 51.3. The summed E-state index contributed by atoms with van der Waals surface area (Å²) in [5.74, 6) is -3.16. The van der Waals surface area contributed by atoms with Crippen LogP contribution in [-0.2, 0) is 42.9 Å². The van der Waals surface area contributed by atoms with Gasteiger partial charge in [0.1, 0.15) is 18.8 Å². The van der Waals surface area contributed by atoms with E-state index < -0.39 is 67.3 Å². The maximum Gasteiger partial charge on any atom is 0.335 e. The number of rotatable bonds is 55. The molecule has 0 saturated carbocycles. The standard InChI is InChI=1S/C69H116O12/c1-4-7-10-13-16-19-22-25-27-29-31-33-35-38-40-43-46-49-52-55-61(70)77-58-60(79-62(71)56-53-50-47-44-42-39-36-34-32-30-28-26-23-20-17-14-11-8-5-2)59-78-69-67(65(74)64(73)66(81-69)68(75)76)80-63(72)57-54-51-48-45-41-37-24-21-18-15-12-9-6-3/h16-17,19-21,24-28,31-34,60,64-67,69,73-74H,4-15,18,22-23,29-30,35-59H2,1-3H3,(H,75,76)/b19-16-,20-17-,24-21-,27-25-,28-26-,33-31-,34-32-. The molecule has 464 valence electrons. The molecule has 1 aliphatic heterocycles. The molecule has 1 rings (SSSR count). The average molecular weight is 1140 g/mol. The molecule has 0 aromatic carbocycles. The van der Waals surface area contributed by atoms with Crippen LogP contribution in [0.2, 0.25) is 0 Å². The number of aliphatic hydroxyl groups excluding tert-OH is 2. The summed E-state index contributed by atoms with van der Waals surface area (Å²) < 4.78 is 28.5. The number of allylic oxidation sites excluding steroid dienone is 14. The highest BCUT2D eigenvalue weighted by atomic mass is 16.7. The Morgan fingerprint density at radius 2 is 0.741 bits per heavy atom. The molecule has 0 aromatic heterocycles. The number of esters is 3. The van der Waals surface area contributed by atoms with E-state index in [9.17, 15) is 34.5 Å². The van der Waals surface area contributed by atoms with Gasteiger partial charge in [0.15, 0.2) is 24.6 Å². The van der Waals surface area contributed by atoms with Gasteiger partial charge in [-0.3, -0.25) is 14.4 Å². The first-order valence-corrected chi connectivity index (χ1v) is 32.6. The van der Waals surface area contributed by atoms with Crippen LogP contribution in [-0.4, -0.2) is 89.2 Å². The minimum absolute atomic E-state index is 0.0450. The maximum absolute atomic E-state index is 13.2. The van der Waals surface area contributed by atoms with Crippen LogP contribution in [0.1, 0.15) is 278 Å². The highest BCUT2D eigenvalue weighted by molar-refractivity contribution is 5.74. The third-order valence-corrected chi connectivity index (χ3v) is 14.4. The zero-order chi connectivity index (χ0) is 58.9. The van der Waals surface area contributed by atoms with E-state index in [-0.39, 0.29) is 25.9 Å². The molecule has 12 nitrogen and oxygen atoms in total. The fraction of sp³-hybridized carbons (Fsp3) is 0.739. The lowest BCUT2D eigenvalue weighted by molar-refractivity contribution is -0.301. The van der Waals surface area contributed by atoms with Crippen molar-refractivity contribution in [1.82, 2.24) is 0 Å². The Bertz CT molecular complexity index is 1730. The molecule has 1 heterocycles. The Morgan fingerprint density at radius 3 is 1.16 bits per heavy atom. The largest absolute Gasteiger partial charge is 0.479 e. The number of carboxylic acid groups (broad SMARTS) is 1. The second-order valence-corrected chi connectivity index (χ2v) is 22.0. The Balaban J connectivity index is 2.68. The first-order chi connectivity index (χ1) is 39.6. The second-order valence-electron chi connectivity index (χ2n) is 22.0. The Labute approximate surface area is 492 Å². The van der Waals surface area contributed by atoms with Gasteiger partial charge >= 0.3 is 23.9 Å². The molecule has 0 spiro atoms. The van der Waals surface area contributed by atoms with Crippen LogP contribution in [0.5, 0.6) is 0 Å². The van der Waals surface area contributed by atoms with Crippen molar-refractivity contribution in [2.75, 3.05) is 13.2 Å². The topological polar surface area (TPSA) is 175 Å². The molecule has 0 aliphatic carbocycles. The van der Waals surface area contributed by atoms with Crippen molar-refractivity contribution in [2.45, 2.75) is 314 Å². The molecule has 3 N–H and O–H groups in total. The van der Waals surface area contributed by atoms with Gasteiger partial charge in [0.05, 0.1) is 6.61 Å². The number of hydrogen-bond donors (Lipinski definition) is 3. The predicted molar refractivity (Wildman–Crippen MR) is 331 cm³/mol. The number of unbranched alkanes of at least 4 members (excludes halogenated alkanes) is 27. The quantitative estimate of drug-likeness (QED) is 0.0228. The van der Waals surface area contributed by atoms with Gasteiger partial charge in [-0.1, -0.05) is 221 Å². The Kier molecular flexibility index (Phi) is 52.1. The normalized spacial score (nSPS) is 18.3. The molecule has 0 aromatic rings. The van der Waals surface area contributed by atoms with E-state index in [0.29, 0.717) is 19.3 Å². The van der Waals surface area contributed by atoms with E-state index in [4.69, 9.17) is 23.7 Å². The Hall–Kier alpha value is -4.10. The lowest BCUT2D eigenvalue weighted by Gasteiger charge is -2.40. The van der Waals surface area contributed by atoms with Crippen molar-refractivity contribution < 1.29 is 58.2 Å². The van der Waals surface area contributed by atoms with Gasteiger partial charge in [-0.2, -0.15) is 0 Å². The number of aliphatic carboxylic acids is 1. The van der Waals surface area contributed by atoms with Crippen LogP contribution in [0.4, 0.5) is 0 Å². The monoisotopic (exact) mass is 1140 g/mol. The molecule has 1 fully saturated rings.